The number of amides is 1. The Kier molecular flexibility index (Phi) is 6.76. The predicted molar refractivity (Wildman–Crippen MR) is 155 cm³/mol. The number of benzene rings is 3. The van der Waals surface area contributed by atoms with E-state index in [4.69, 9.17) is 15.1 Å². The fraction of sp³-hybridized carbons (Fsp3) is 0.250. The van der Waals surface area contributed by atoms with Gasteiger partial charge in [0.25, 0.3) is 5.91 Å². The van der Waals surface area contributed by atoms with E-state index in [1.54, 1.807) is 16.8 Å². The molecule has 5 aromatic rings. The molecule has 3 heterocycles. The van der Waals surface area contributed by atoms with Crippen molar-refractivity contribution in [2.75, 3.05) is 31.1 Å². The standard InChI is InChI=1S/C32H31FN6O/c1-21-4-8-24(9-5-21)20-28-34-30(29-23(3)36-39(31(29)35-28)27-14-12-26(33)13-15-27)37-16-18-38(19-17-37)32(40)25-10-6-22(2)7-11-25/h4-15H,16-20H2,1-3H3. The highest BCUT2D eigenvalue weighted by atomic mass is 19.1. The number of rotatable bonds is 5. The van der Waals surface area contributed by atoms with Gasteiger partial charge in [-0.25, -0.2) is 19.0 Å². The van der Waals surface area contributed by atoms with Gasteiger partial charge in [0, 0.05) is 38.2 Å². The van der Waals surface area contributed by atoms with Gasteiger partial charge in [-0.3, -0.25) is 4.79 Å². The molecule has 8 heteroatoms. The van der Waals surface area contributed by atoms with Crippen LogP contribution in [-0.4, -0.2) is 56.7 Å². The van der Waals surface area contributed by atoms with Crippen molar-refractivity contribution in [3.05, 3.63) is 112 Å². The summed E-state index contributed by atoms with van der Waals surface area (Å²) in [5.41, 5.74) is 6.38. The largest absolute Gasteiger partial charge is 0.352 e. The number of anilines is 1. The van der Waals surface area contributed by atoms with Crippen LogP contribution in [0, 0.1) is 26.6 Å². The Morgan fingerprint density at radius 1 is 0.800 bits per heavy atom. The predicted octanol–water partition coefficient (Wildman–Crippen LogP) is 5.43. The third-order valence-corrected chi connectivity index (χ3v) is 7.45. The smallest absolute Gasteiger partial charge is 0.253 e. The zero-order chi connectivity index (χ0) is 27.8. The lowest BCUT2D eigenvalue weighted by Gasteiger charge is -2.36. The van der Waals surface area contributed by atoms with Crippen LogP contribution in [0.25, 0.3) is 16.7 Å². The molecule has 0 radical (unpaired) electrons. The molecule has 7 nitrogen and oxygen atoms in total. The summed E-state index contributed by atoms with van der Waals surface area (Å²) in [6.45, 7) is 8.52. The van der Waals surface area contributed by atoms with Gasteiger partial charge < -0.3 is 9.80 Å². The molecule has 1 fully saturated rings. The Hall–Kier alpha value is -4.59. The highest BCUT2D eigenvalue weighted by Gasteiger charge is 2.27. The quantitative estimate of drug-likeness (QED) is 0.301. The zero-order valence-corrected chi connectivity index (χ0v) is 22.9. The van der Waals surface area contributed by atoms with Crippen LogP contribution >= 0.6 is 0 Å². The summed E-state index contributed by atoms with van der Waals surface area (Å²) in [6.07, 6.45) is 0.572. The van der Waals surface area contributed by atoms with Crippen molar-refractivity contribution in [3.8, 4) is 5.69 Å². The summed E-state index contributed by atoms with van der Waals surface area (Å²) < 4.78 is 15.5. The highest BCUT2D eigenvalue weighted by Crippen LogP contribution is 2.30. The van der Waals surface area contributed by atoms with Gasteiger partial charge in [0.15, 0.2) is 5.65 Å². The Balaban J connectivity index is 1.36. The van der Waals surface area contributed by atoms with Crippen LogP contribution in [0.4, 0.5) is 10.2 Å². The minimum absolute atomic E-state index is 0.0489. The van der Waals surface area contributed by atoms with E-state index < -0.39 is 0 Å². The van der Waals surface area contributed by atoms with Crippen molar-refractivity contribution in [2.24, 2.45) is 0 Å². The van der Waals surface area contributed by atoms with E-state index in [0.717, 1.165) is 33.7 Å². The molecule has 202 valence electrons. The van der Waals surface area contributed by atoms with E-state index >= 15 is 0 Å². The molecule has 1 saturated heterocycles. The lowest BCUT2D eigenvalue weighted by atomic mass is 10.1. The van der Waals surface area contributed by atoms with E-state index in [1.165, 1.54) is 17.7 Å². The summed E-state index contributed by atoms with van der Waals surface area (Å²) >= 11 is 0. The van der Waals surface area contributed by atoms with Crippen LogP contribution in [0.15, 0.2) is 72.8 Å². The van der Waals surface area contributed by atoms with Crippen molar-refractivity contribution in [1.82, 2.24) is 24.6 Å². The number of hydrogen-bond donors (Lipinski definition) is 0. The number of nitrogens with zero attached hydrogens (tertiary/aromatic N) is 6. The summed E-state index contributed by atoms with van der Waals surface area (Å²) in [4.78, 5) is 27.3. The van der Waals surface area contributed by atoms with Gasteiger partial charge in [0.05, 0.1) is 16.8 Å². The van der Waals surface area contributed by atoms with E-state index in [9.17, 15) is 9.18 Å². The molecule has 1 aliphatic rings. The molecule has 1 aliphatic heterocycles. The Bertz CT molecular complexity index is 1670. The first-order valence-electron chi connectivity index (χ1n) is 13.5. The van der Waals surface area contributed by atoms with Gasteiger partial charge in [-0.05, 0) is 62.7 Å². The molecule has 1 amide bonds. The first-order valence-corrected chi connectivity index (χ1v) is 13.5. The molecule has 0 unspecified atom stereocenters. The van der Waals surface area contributed by atoms with Crippen LogP contribution in [0.2, 0.25) is 0 Å². The molecule has 0 spiro atoms. The monoisotopic (exact) mass is 534 g/mol. The Morgan fingerprint density at radius 2 is 1.43 bits per heavy atom. The lowest BCUT2D eigenvalue weighted by Crippen LogP contribution is -2.49. The number of aryl methyl sites for hydroxylation is 3. The maximum absolute atomic E-state index is 13.7. The van der Waals surface area contributed by atoms with Crippen molar-refractivity contribution < 1.29 is 9.18 Å². The maximum atomic E-state index is 13.7. The fourth-order valence-corrected chi connectivity index (χ4v) is 5.16. The molecule has 2 aromatic heterocycles. The molecule has 40 heavy (non-hydrogen) atoms. The number of carbonyl (C=O) groups is 1. The second kappa shape index (κ2) is 10.5. The Morgan fingerprint density at radius 3 is 2.08 bits per heavy atom. The molecule has 6 rings (SSSR count). The van der Waals surface area contributed by atoms with Gasteiger partial charge in [-0.1, -0.05) is 47.5 Å². The molecule has 0 aliphatic carbocycles. The van der Waals surface area contributed by atoms with Crippen molar-refractivity contribution in [3.63, 3.8) is 0 Å². The van der Waals surface area contributed by atoms with E-state index in [0.29, 0.717) is 49.6 Å². The first kappa shape index (κ1) is 25.7. The van der Waals surface area contributed by atoms with Crippen LogP contribution in [-0.2, 0) is 6.42 Å². The summed E-state index contributed by atoms with van der Waals surface area (Å²) in [5.74, 6) is 1.26. The summed E-state index contributed by atoms with van der Waals surface area (Å²) in [6, 6.07) is 22.4. The van der Waals surface area contributed by atoms with Crippen molar-refractivity contribution >= 4 is 22.8 Å². The average Bonchev–Trinajstić information content (AvgIpc) is 3.30. The van der Waals surface area contributed by atoms with E-state index in [1.807, 2.05) is 43.0 Å². The molecule has 3 aromatic carbocycles. The number of piperazine rings is 1. The molecule has 0 N–H and O–H groups in total. The van der Waals surface area contributed by atoms with Gasteiger partial charge in [-0.15, -0.1) is 0 Å². The minimum atomic E-state index is -0.301. The zero-order valence-electron chi connectivity index (χ0n) is 22.9. The fourth-order valence-electron chi connectivity index (χ4n) is 5.16. The molecular formula is C32H31FN6O. The third kappa shape index (κ3) is 5.04. The van der Waals surface area contributed by atoms with Crippen LogP contribution in [0.5, 0.6) is 0 Å². The second-order valence-corrected chi connectivity index (χ2v) is 10.4. The van der Waals surface area contributed by atoms with Gasteiger partial charge in [0.2, 0.25) is 0 Å². The van der Waals surface area contributed by atoms with Crippen LogP contribution < -0.4 is 4.90 Å². The number of fused-ring (bicyclic) bond motifs is 1. The summed E-state index contributed by atoms with van der Waals surface area (Å²) in [5, 5.41) is 5.67. The minimum Gasteiger partial charge on any atom is -0.352 e. The van der Waals surface area contributed by atoms with Crippen molar-refractivity contribution in [1.29, 1.82) is 0 Å². The van der Waals surface area contributed by atoms with E-state index in [2.05, 4.69) is 36.1 Å². The van der Waals surface area contributed by atoms with Gasteiger partial charge in [0.1, 0.15) is 17.5 Å². The summed E-state index contributed by atoms with van der Waals surface area (Å²) in [7, 11) is 0. The molecule has 0 atom stereocenters. The third-order valence-electron chi connectivity index (χ3n) is 7.45. The number of aromatic nitrogens is 4. The van der Waals surface area contributed by atoms with Crippen molar-refractivity contribution in [2.45, 2.75) is 27.2 Å². The first-order chi connectivity index (χ1) is 19.4. The maximum Gasteiger partial charge on any atom is 0.253 e. The molecule has 0 bridgehead atoms. The number of halogens is 1. The topological polar surface area (TPSA) is 67.2 Å². The second-order valence-electron chi connectivity index (χ2n) is 10.4. The van der Waals surface area contributed by atoms with Gasteiger partial charge in [-0.2, -0.15) is 5.10 Å². The van der Waals surface area contributed by atoms with Crippen LogP contribution in [0.3, 0.4) is 0 Å². The van der Waals surface area contributed by atoms with Gasteiger partial charge >= 0.3 is 0 Å². The SMILES string of the molecule is Cc1ccc(Cc2nc(N3CCN(C(=O)c4ccc(C)cc4)CC3)c3c(C)nn(-c4ccc(F)cc4)c3n2)cc1. The number of hydrogen-bond acceptors (Lipinski definition) is 5. The molecular weight excluding hydrogens is 503 g/mol. The number of carbonyl (C=O) groups excluding carboxylic acids is 1. The van der Waals surface area contributed by atoms with E-state index in [-0.39, 0.29) is 11.7 Å². The Labute approximate surface area is 232 Å². The highest BCUT2D eigenvalue weighted by molar-refractivity contribution is 5.95. The normalized spacial score (nSPS) is 13.7. The molecule has 0 saturated carbocycles. The average molecular weight is 535 g/mol. The lowest BCUT2D eigenvalue weighted by molar-refractivity contribution is 0.0746. The van der Waals surface area contributed by atoms with Crippen LogP contribution in [0.1, 0.15) is 38.6 Å².